The van der Waals surface area contributed by atoms with Crippen molar-refractivity contribution in [2.24, 2.45) is 0 Å². The molecule has 1 aliphatic heterocycles. The number of hydrogen-bond acceptors (Lipinski definition) is 0. The fourth-order valence-electron chi connectivity index (χ4n) is 0.236. The van der Waals surface area contributed by atoms with Crippen LogP contribution in [0, 0.1) is 6.92 Å². The van der Waals surface area contributed by atoms with Crippen LogP contribution in [0.4, 0.5) is 0 Å². The molecule has 0 atom stereocenters. The minimum Gasteiger partial charge on any atom is -0.707 e. The maximum Gasteiger partial charge on any atom is 0 e. The van der Waals surface area contributed by atoms with Crippen molar-refractivity contribution in [3.8, 4) is 0 Å². The monoisotopic (exact) mass is 189 g/mol. The maximum absolute atomic E-state index is 3.74. The number of unbranched alkanes of at least 4 members (excludes halogenated alkanes) is 1. The molecule has 0 fully saturated rings. The molecule has 10 heavy (non-hydrogen) atoms. The summed E-state index contributed by atoms with van der Waals surface area (Å²) in [7, 11) is 0. The molecule has 0 aliphatic carbocycles. The summed E-state index contributed by atoms with van der Waals surface area (Å²) in [6, 6.07) is 0. The first-order valence-corrected chi connectivity index (χ1v) is 3.19. The quantitative estimate of drug-likeness (QED) is 0.449. The van der Waals surface area contributed by atoms with Crippen molar-refractivity contribution < 1.29 is 19.5 Å². The van der Waals surface area contributed by atoms with E-state index in [1.54, 1.807) is 12.4 Å². The van der Waals surface area contributed by atoms with Gasteiger partial charge >= 0.3 is 0 Å². The molecule has 0 amide bonds. The molecule has 56 valence electrons. The maximum atomic E-state index is 3.74. The fourth-order valence-corrected chi connectivity index (χ4v) is 0.236. The van der Waals surface area contributed by atoms with E-state index in [0.717, 1.165) is 6.42 Å². The summed E-state index contributed by atoms with van der Waals surface area (Å²) in [5, 5.41) is 7.47. The van der Waals surface area contributed by atoms with E-state index in [4.69, 9.17) is 0 Å². The van der Waals surface area contributed by atoms with Crippen molar-refractivity contribution in [3.05, 3.63) is 30.0 Å². The van der Waals surface area contributed by atoms with E-state index < -0.39 is 0 Å². The van der Waals surface area contributed by atoms with Gasteiger partial charge in [-0.3, -0.25) is 0 Å². The predicted octanol–water partition coefficient (Wildman–Crippen LogP) is 2.79. The van der Waals surface area contributed by atoms with Gasteiger partial charge in [0.25, 0.3) is 0 Å². The van der Waals surface area contributed by atoms with E-state index in [1.165, 1.54) is 6.42 Å². The van der Waals surface area contributed by atoms with E-state index in [-0.39, 0.29) is 19.5 Å². The predicted molar refractivity (Wildman–Crippen MR) is 41.0 cm³/mol. The Kier molecular flexibility index (Phi) is 14.8. The van der Waals surface area contributed by atoms with Crippen molar-refractivity contribution in [1.82, 2.24) is 0 Å². The Morgan fingerprint density at radius 1 is 1.40 bits per heavy atom. The van der Waals surface area contributed by atoms with Crippen LogP contribution in [0.5, 0.6) is 0 Å². The molecule has 3 heteroatoms. The first-order chi connectivity index (χ1) is 4.41. The van der Waals surface area contributed by atoms with E-state index in [9.17, 15) is 0 Å². The second kappa shape index (κ2) is 11.7. The van der Waals surface area contributed by atoms with Gasteiger partial charge in [-0.05, 0) is 0 Å². The summed E-state index contributed by atoms with van der Waals surface area (Å²) < 4.78 is 0. The summed E-state index contributed by atoms with van der Waals surface area (Å²) in [6.07, 6.45) is 5.67. The Morgan fingerprint density at radius 3 is 1.90 bits per heavy atom. The van der Waals surface area contributed by atoms with E-state index in [0.29, 0.717) is 6.67 Å². The average molecular weight is 191 g/mol. The Labute approximate surface area is 76.2 Å². The third kappa shape index (κ3) is 10.9. The van der Waals surface area contributed by atoms with Gasteiger partial charge in [0.15, 0.2) is 0 Å². The molecule has 1 rings (SSSR count). The van der Waals surface area contributed by atoms with Crippen LogP contribution in [0.25, 0.3) is 10.6 Å². The van der Waals surface area contributed by atoms with Gasteiger partial charge in [-0.1, -0.05) is 13.3 Å². The summed E-state index contributed by atoms with van der Waals surface area (Å²) in [5.74, 6) is 0. The molecule has 0 aromatic carbocycles. The molecule has 0 aromatic rings. The Hall–Kier alpha value is -0.0366. The molecule has 0 saturated carbocycles. The van der Waals surface area contributed by atoms with Crippen molar-refractivity contribution in [2.75, 3.05) is 6.67 Å². The third-order valence-electron chi connectivity index (χ3n) is 0.794. The molecule has 1 aliphatic rings. The summed E-state index contributed by atoms with van der Waals surface area (Å²) in [4.78, 5) is 0. The smallest absolute Gasteiger partial charge is 0 e. The molecule has 0 bridgehead atoms. The molecule has 2 nitrogen and oxygen atoms in total. The molecular weight excluding hydrogens is 177 g/mol. The van der Waals surface area contributed by atoms with Crippen LogP contribution in [0.2, 0.25) is 0 Å². The fraction of sp³-hybridized carbons (Fsp3) is 0.571. The number of rotatable bonds is 1. The molecule has 0 unspecified atom stereocenters. The zero-order chi connectivity index (χ0) is 6.95. The number of hydrogen-bond donors (Lipinski definition) is 0. The van der Waals surface area contributed by atoms with Crippen LogP contribution in [-0.4, -0.2) is 6.67 Å². The van der Waals surface area contributed by atoms with Crippen LogP contribution >= 0.6 is 0 Å². The van der Waals surface area contributed by atoms with Gasteiger partial charge in [0, 0.05) is 19.5 Å². The molecular formula is C7H13N2Zn-3. The third-order valence-corrected chi connectivity index (χ3v) is 0.794. The second-order valence-corrected chi connectivity index (χ2v) is 1.66. The standard InChI is InChI=1S/C4H9.C3H4N2.Zn/c1-3-4-2;1-2-5-3-4-1;/h1,3-4H2,2H3;1-2H,3H2;/q-1;-2;. The second-order valence-electron chi connectivity index (χ2n) is 1.66. The first kappa shape index (κ1) is 12.6. The minimum absolute atomic E-state index is 0. The van der Waals surface area contributed by atoms with Gasteiger partial charge < -0.3 is 17.6 Å². The topological polar surface area (TPSA) is 28.2 Å². The minimum atomic E-state index is 0. The Balaban J connectivity index is 0. The van der Waals surface area contributed by atoms with Gasteiger partial charge in [-0.2, -0.15) is 6.42 Å². The summed E-state index contributed by atoms with van der Waals surface area (Å²) in [6.45, 7) is 6.36. The van der Waals surface area contributed by atoms with Crippen molar-refractivity contribution in [1.29, 1.82) is 0 Å². The normalized spacial score (nSPS) is 11.8. The van der Waals surface area contributed by atoms with Crippen molar-refractivity contribution in [3.63, 3.8) is 0 Å². The van der Waals surface area contributed by atoms with Crippen molar-refractivity contribution in [2.45, 2.75) is 19.8 Å². The Morgan fingerprint density at radius 2 is 1.80 bits per heavy atom. The van der Waals surface area contributed by atoms with Gasteiger partial charge in [-0.25, -0.2) is 19.1 Å². The van der Waals surface area contributed by atoms with Gasteiger partial charge in [0.05, 0.1) is 0 Å². The van der Waals surface area contributed by atoms with Gasteiger partial charge in [-0.15, -0.1) is 0 Å². The van der Waals surface area contributed by atoms with Gasteiger partial charge in [0.1, 0.15) is 0 Å². The molecule has 1 heterocycles. The molecule has 0 saturated heterocycles. The van der Waals surface area contributed by atoms with E-state index >= 15 is 0 Å². The SMILES string of the molecule is C1=C[N-]C[N-]1.[CH2-]CCC.[Zn]. The molecule has 0 radical (unpaired) electrons. The Bertz CT molecular complexity index is 66.0. The first-order valence-electron chi connectivity index (χ1n) is 3.19. The molecule has 0 aromatic heterocycles. The zero-order valence-corrected chi connectivity index (χ0v) is 9.55. The van der Waals surface area contributed by atoms with Crippen LogP contribution in [-0.2, 0) is 19.5 Å². The van der Waals surface area contributed by atoms with E-state index in [2.05, 4.69) is 24.5 Å². The largest absolute Gasteiger partial charge is 0.707 e. The number of nitrogens with zero attached hydrogens (tertiary/aromatic N) is 2. The van der Waals surface area contributed by atoms with Crippen LogP contribution < -0.4 is 0 Å². The average Bonchev–Trinajstić information content (AvgIpc) is 2.43. The molecule has 0 N–H and O–H groups in total. The van der Waals surface area contributed by atoms with E-state index in [1.807, 2.05) is 0 Å². The van der Waals surface area contributed by atoms with Gasteiger partial charge in [0.2, 0.25) is 0 Å². The van der Waals surface area contributed by atoms with Crippen LogP contribution in [0.3, 0.4) is 0 Å². The molecule has 0 spiro atoms. The van der Waals surface area contributed by atoms with Crippen LogP contribution in [0.1, 0.15) is 19.8 Å². The van der Waals surface area contributed by atoms with Crippen molar-refractivity contribution >= 4 is 0 Å². The zero-order valence-electron chi connectivity index (χ0n) is 6.58. The summed E-state index contributed by atoms with van der Waals surface area (Å²) >= 11 is 0. The van der Waals surface area contributed by atoms with Crippen LogP contribution in [0.15, 0.2) is 12.4 Å². The summed E-state index contributed by atoms with van der Waals surface area (Å²) in [5.41, 5.74) is 0.